The van der Waals surface area contributed by atoms with Crippen molar-refractivity contribution >= 4 is 45.4 Å². The molecular weight excluding hydrogens is 541 g/mol. The van der Waals surface area contributed by atoms with Gasteiger partial charge >= 0.3 is 12.1 Å². The van der Waals surface area contributed by atoms with Gasteiger partial charge in [-0.15, -0.1) is 0 Å². The summed E-state index contributed by atoms with van der Waals surface area (Å²) in [5, 5.41) is 3.00. The first-order valence-electron chi connectivity index (χ1n) is 12.2. The molecule has 1 unspecified atom stereocenters. The lowest BCUT2D eigenvalue weighted by Crippen LogP contribution is -2.49. The standard InChI is InChI=1S/C26H26F5N5O2S/c1-15(35-12-3-2-4-13-35)14-36(24(38)26(29,30)31)17-10-8-16(9-11-17)33-25-34-23(32)22(39-25)21(37)20-18(27)6-5-7-19(20)28/h5-11,15H,2-4,12-14,32H2,1H3,(H,33,34). The van der Waals surface area contributed by atoms with Crippen LogP contribution in [-0.4, -0.2) is 53.4 Å². The van der Waals surface area contributed by atoms with E-state index >= 15 is 0 Å². The maximum absolute atomic E-state index is 14.1. The Kier molecular flexibility index (Phi) is 8.50. The molecule has 1 aliphatic rings. The van der Waals surface area contributed by atoms with Crippen molar-refractivity contribution in [2.45, 2.75) is 38.4 Å². The van der Waals surface area contributed by atoms with Crippen LogP contribution in [-0.2, 0) is 4.79 Å². The Bertz CT molecular complexity index is 1320. The number of hydrogen-bond acceptors (Lipinski definition) is 7. The number of amides is 1. The summed E-state index contributed by atoms with van der Waals surface area (Å²) >= 11 is 0.769. The van der Waals surface area contributed by atoms with Crippen LogP contribution >= 0.6 is 11.3 Å². The fourth-order valence-electron chi connectivity index (χ4n) is 4.42. The highest BCUT2D eigenvalue weighted by molar-refractivity contribution is 7.18. The first kappa shape index (κ1) is 28.4. The number of carbonyl (C=O) groups excluding carboxylic acids is 2. The van der Waals surface area contributed by atoms with Gasteiger partial charge in [-0.3, -0.25) is 14.5 Å². The summed E-state index contributed by atoms with van der Waals surface area (Å²) in [6.45, 7) is 3.20. The van der Waals surface area contributed by atoms with Crippen molar-refractivity contribution in [1.29, 1.82) is 0 Å². The van der Waals surface area contributed by atoms with E-state index in [4.69, 9.17) is 5.73 Å². The lowest BCUT2D eigenvalue weighted by atomic mass is 10.1. The van der Waals surface area contributed by atoms with Crippen LogP contribution in [0, 0.1) is 11.6 Å². The zero-order valence-electron chi connectivity index (χ0n) is 20.9. The van der Waals surface area contributed by atoms with E-state index in [0.717, 1.165) is 66.8 Å². The molecule has 2 heterocycles. The van der Waals surface area contributed by atoms with E-state index in [-0.39, 0.29) is 34.1 Å². The van der Waals surface area contributed by atoms with Crippen molar-refractivity contribution in [1.82, 2.24) is 9.88 Å². The molecule has 0 saturated carbocycles. The molecule has 208 valence electrons. The van der Waals surface area contributed by atoms with Gasteiger partial charge in [0.1, 0.15) is 22.3 Å². The zero-order valence-corrected chi connectivity index (χ0v) is 21.7. The number of alkyl halides is 3. The average molecular weight is 568 g/mol. The molecule has 4 rings (SSSR count). The number of nitrogens with two attached hydrogens (primary N) is 1. The van der Waals surface area contributed by atoms with Gasteiger partial charge in [0, 0.05) is 24.0 Å². The van der Waals surface area contributed by atoms with Gasteiger partial charge in [0.25, 0.3) is 0 Å². The minimum atomic E-state index is -5.04. The maximum atomic E-state index is 14.1. The third-order valence-electron chi connectivity index (χ3n) is 6.43. The number of likely N-dealkylation sites (tertiary alicyclic amines) is 1. The van der Waals surface area contributed by atoms with E-state index < -0.39 is 35.1 Å². The molecule has 0 bridgehead atoms. The second kappa shape index (κ2) is 11.7. The van der Waals surface area contributed by atoms with Gasteiger partial charge < -0.3 is 16.0 Å². The second-order valence-corrected chi connectivity index (χ2v) is 10.2. The predicted molar refractivity (Wildman–Crippen MR) is 139 cm³/mol. The molecule has 1 fully saturated rings. The zero-order chi connectivity index (χ0) is 28.3. The molecule has 1 atom stereocenters. The van der Waals surface area contributed by atoms with Crippen LogP contribution in [0.15, 0.2) is 42.5 Å². The minimum absolute atomic E-state index is 0.0660. The molecule has 0 aliphatic carbocycles. The van der Waals surface area contributed by atoms with Crippen molar-refractivity contribution in [3.8, 4) is 0 Å². The second-order valence-electron chi connectivity index (χ2n) is 9.19. The molecule has 0 radical (unpaired) electrons. The number of nitrogens with one attached hydrogen (secondary N) is 1. The molecule has 1 amide bonds. The smallest absolute Gasteiger partial charge is 0.382 e. The number of piperidine rings is 1. The van der Waals surface area contributed by atoms with E-state index in [1.807, 2.05) is 0 Å². The van der Waals surface area contributed by atoms with E-state index in [2.05, 4.69) is 15.2 Å². The summed E-state index contributed by atoms with van der Waals surface area (Å²) in [7, 11) is 0. The monoisotopic (exact) mass is 567 g/mol. The summed E-state index contributed by atoms with van der Waals surface area (Å²) in [6.07, 6.45) is -2.05. The highest BCUT2D eigenvalue weighted by Crippen LogP contribution is 2.32. The largest absolute Gasteiger partial charge is 0.471 e. The van der Waals surface area contributed by atoms with Gasteiger partial charge in [-0.25, -0.2) is 13.8 Å². The van der Waals surface area contributed by atoms with Crippen LogP contribution in [0.5, 0.6) is 0 Å². The topological polar surface area (TPSA) is 91.6 Å². The third-order valence-corrected chi connectivity index (χ3v) is 7.41. The molecule has 13 heteroatoms. The molecule has 3 N–H and O–H groups in total. The number of nitrogens with zero attached hydrogens (tertiary/aromatic N) is 3. The van der Waals surface area contributed by atoms with Crippen molar-refractivity contribution < 1.29 is 31.5 Å². The van der Waals surface area contributed by atoms with Gasteiger partial charge in [-0.1, -0.05) is 23.8 Å². The van der Waals surface area contributed by atoms with E-state index in [1.165, 1.54) is 24.3 Å². The Morgan fingerprint density at radius 1 is 1.08 bits per heavy atom. The molecule has 2 aromatic carbocycles. The van der Waals surface area contributed by atoms with Crippen molar-refractivity contribution in [3.05, 3.63) is 64.5 Å². The molecule has 3 aromatic rings. The molecule has 1 aliphatic heterocycles. The maximum Gasteiger partial charge on any atom is 0.471 e. The van der Waals surface area contributed by atoms with Gasteiger partial charge in [0.05, 0.1) is 5.56 Å². The highest BCUT2D eigenvalue weighted by Gasteiger charge is 2.43. The Morgan fingerprint density at radius 3 is 2.28 bits per heavy atom. The highest BCUT2D eigenvalue weighted by atomic mass is 32.1. The van der Waals surface area contributed by atoms with Gasteiger partial charge in [-0.2, -0.15) is 13.2 Å². The van der Waals surface area contributed by atoms with Crippen molar-refractivity contribution in [2.24, 2.45) is 0 Å². The number of hydrogen-bond donors (Lipinski definition) is 2. The number of benzene rings is 2. The Labute approximate surface area is 225 Å². The minimum Gasteiger partial charge on any atom is -0.382 e. The molecule has 0 spiro atoms. The summed E-state index contributed by atoms with van der Waals surface area (Å²) in [6, 6.07) is 8.40. The Balaban J connectivity index is 1.52. The first-order valence-corrected chi connectivity index (χ1v) is 13.0. The Morgan fingerprint density at radius 2 is 1.69 bits per heavy atom. The molecule has 1 saturated heterocycles. The van der Waals surface area contributed by atoms with Gasteiger partial charge in [0.2, 0.25) is 5.78 Å². The van der Waals surface area contributed by atoms with Gasteiger partial charge in [-0.05, 0) is 69.3 Å². The van der Waals surface area contributed by atoms with Crippen LogP contribution in [0.4, 0.5) is 44.3 Å². The molecule has 39 heavy (non-hydrogen) atoms. The van der Waals surface area contributed by atoms with Crippen LogP contribution in [0.1, 0.15) is 41.4 Å². The number of halogens is 5. The predicted octanol–water partition coefficient (Wildman–Crippen LogP) is 5.75. The van der Waals surface area contributed by atoms with Crippen molar-refractivity contribution in [2.75, 3.05) is 35.6 Å². The fourth-order valence-corrected chi connectivity index (χ4v) is 5.27. The Hall–Kier alpha value is -3.58. The number of aromatic nitrogens is 1. The van der Waals surface area contributed by atoms with Crippen LogP contribution in [0.2, 0.25) is 0 Å². The van der Waals surface area contributed by atoms with Gasteiger partial charge in [0.15, 0.2) is 5.13 Å². The third kappa shape index (κ3) is 6.53. The number of carbonyl (C=O) groups is 2. The summed E-state index contributed by atoms with van der Waals surface area (Å²) in [5.74, 6) is -5.23. The first-order chi connectivity index (χ1) is 18.5. The fraction of sp³-hybridized carbons (Fsp3) is 0.346. The van der Waals surface area contributed by atoms with Crippen LogP contribution in [0.3, 0.4) is 0 Å². The van der Waals surface area contributed by atoms with E-state index in [9.17, 15) is 31.5 Å². The molecule has 1 aromatic heterocycles. The normalized spacial score (nSPS) is 15.1. The summed E-state index contributed by atoms with van der Waals surface area (Å²) in [5.41, 5.74) is 5.51. The lowest BCUT2D eigenvalue weighted by Gasteiger charge is -2.36. The number of ketones is 1. The lowest BCUT2D eigenvalue weighted by molar-refractivity contribution is -0.170. The quantitative estimate of drug-likeness (QED) is 0.266. The number of nitrogen functional groups attached to an aromatic ring is 1. The number of anilines is 4. The van der Waals surface area contributed by atoms with E-state index in [0.29, 0.717) is 5.69 Å². The molecular formula is C26H26F5N5O2S. The van der Waals surface area contributed by atoms with Crippen LogP contribution < -0.4 is 16.0 Å². The van der Waals surface area contributed by atoms with Crippen molar-refractivity contribution in [3.63, 3.8) is 0 Å². The summed E-state index contributed by atoms with van der Waals surface area (Å²) < 4.78 is 68.3. The SMILES string of the molecule is CC(CN(C(=O)C(F)(F)F)c1ccc(Nc2nc(N)c(C(=O)c3c(F)cccc3F)s2)cc1)N1CCCCC1. The number of rotatable bonds is 8. The van der Waals surface area contributed by atoms with E-state index in [1.54, 1.807) is 6.92 Å². The molecule has 7 nitrogen and oxygen atoms in total. The van der Waals surface area contributed by atoms with Crippen LogP contribution in [0.25, 0.3) is 0 Å². The summed E-state index contributed by atoms with van der Waals surface area (Å²) in [4.78, 5) is 31.6. The average Bonchev–Trinajstić information content (AvgIpc) is 3.26. The number of thiazole rings is 1.